The van der Waals surface area contributed by atoms with Gasteiger partial charge >= 0.3 is 6.03 Å². The first kappa shape index (κ1) is 16.3. The topological polar surface area (TPSA) is 96.7 Å². The standard InChI is InChI=1S/C15H17N5O3S/c1-4-20-7-16-13-10(14(20)22)8(2)11(24-13)12(21)17-9-5-6-19(3)15(23)18-9/h7H,4-6H2,1-3H3,(H,17,18,21,23). The average Bonchev–Trinajstić information content (AvgIpc) is 2.89. The van der Waals surface area contributed by atoms with E-state index in [-0.39, 0.29) is 17.5 Å². The van der Waals surface area contributed by atoms with Gasteiger partial charge in [-0.1, -0.05) is 0 Å². The van der Waals surface area contributed by atoms with Crippen molar-refractivity contribution in [3.63, 3.8) is 0 Å². The maximum absolute atomic E-state index is 12.5. The summed E-state index contributed by atoms with van der Waals surface area (Å²) in [6.07, 6.45) is 1.97. The summed E-state index contributed by atoms with van der Waals surface area (Å²) in [4.78, 5) is 47.0. The molecule has 3 rings (SSSR count). The second-order valence-electron chi connectivity index (χ2n) is 5.54. The van der Waals surface area contributed by atoms with Crippen LogP contribution in [0.15, 0.2) is 16.1 Å². The number of carbonyl (C=O) groups excluding carboxylic acids is 2. The van der Waals surface area contributed by atoms with Crippen LogP contribution < -0.4 is 10.9 Å². The predicted octanol–water partition coefficient (Wildman–Crippen LogP) is 1.37. The van der Waals surface area contributed by atoms with E-state index in [1.807, 2.05) is 6.92 Å². The number of hydrogen-bond acceptors (Lipinski definition) is 5. The van der Waals surface area contributed by atoms with E-state index in [1.54, 1.807) is 14.0 Å². The largest absolute Gasteiger partial charge is 0.344 e. The molecule has 1 N–H and O–H groups in total. The fourth-order valence-corrected chi connectivity index (χ4v) is 3.54. The summed E-state index contributed by atoms with van der Waals surface area (Å²) >= 11 is 1.17. The molecule has 126 valence electrons. The molecule has 0 bridgehead atoms. The van der Waals surface area contributed by atoms with Crippen molar-refractivity contribution < 1.29 is 9.59 Å². The van der Waals surface area contributed by atoms with Crippen LogP contribution in [0.5, 0.6) is 0 Å². The van der Waals surface area contributed by atoms with Gasteiger partial charge in [0.2, 0.25) is 0 Å². The zero-order chi connectivity index (χ0) is 17.4. The summed E-state index contributed by atoms with van der Waals surface area (Å²) in [6.45, 7) is 4.62. The molecular formula is C15H17N5O3S. The zero-order valence-electron chi connectivity index (χ0n) is 13.6. The van der Waals surface area contributed by atoms with Gasteiger partial charge in [0, 0.05) is 26.6 Å². The smallest absolute Gasteiger partial charge is 0.325 e. The van der Waals surface area contributed by atoms with Crippen LogP contribution in [0.25, 0.3) is 10.2 Å². The summed E-state index contributed by atoms with van der Waals surface area (Å²) in [5.41, 5.74) is 0.453. The highest BCUT2D eigenvalue weighted by molar-refractivity contribution is 7.20. The molecule has 0 aromatic carbocycles. The predicted molar refractivity (Wildman–Crippen MR) is 91.8 cm³/mol. The fraction of sp³-hybridized carbons (Fsp3) is 0.400. The molecule has 8 nitrogen and oxygen atoms in total. The first-order valence-electron chi connectivity index (χ1n) is 7.55. The fourth-order valence-electron chi connectivity index (χ4n) is 2.51. The number of fused-ring (bicyclic) bond motifs is 1. The molecule has 0 unspecified atom stereocenters. The highest BCUT2D eigenvalue weighted by Gasteiger charge is 2.22. The Morgan fingerprint density at radius 1 is 1.42 bits per heavy atom. The van der Waals surface area contributed by atoms with E-state index in [9.17, 15) is 14.4 Å². The van der Waals surface area contributed by atoms with Crippen molar-refractivity contribution in [2.45, 2.75) is 26.8 Å². The molecule has 1 aliphatic rings. The van der Waals surface area contributed by atoms with Gasteiger partial charge in [-0.2, -0.15) is 4.99 Å². The van der Waals surface area contributed by atoms with Crippen molar-refractivity contribution in [1.82, 2.24) is 19.8 Å². The number of aliphatic imine (C=N–C) groups is 1. The van der Waals surface area contributed by atoms with Crippen molar-refractivity contribution >= 4 is 39.3 Å². The van der Waals surface area contributed by atoms with E-state index < -0.39 is 0 Å². The quantitative estimate of drug-likeness (QED) is 0.887. The van der Waals surface area contributed by atoms with Crippen LogP contribution in [-0.2, 0) is 6.54 Å². The van der Waals surface area contributed by atoms with Crippen LogP contribution in [0.2, 0.25) is 0 Å². The Labute approximate surface area is 141 Å². The van der Waals surface area contributed by atoms with Crippen LogP contribution in [-0.4, -0.2) is 45.8 Å². The van der Waals surface area contributed by atoms with Gasteiger partial charge in [0.1, 0.15) is 10.7 Å². The number of urea groups is 1. The van der Waals surface area contributed by atoms with Crippen LogP contribution in [0.4, 0.5) is 4.79 Å². The molecule has 0 saturated carbocycles. The molecular weight excluding hydrogens is 330 g/mol. The number of aromatic nitrogens is 2. The van der Waals surface area contributed by atoms with Gasteiger partial charge in [0.15, 0.2) is 0 Å². The number of nitrogens with zero attached hydrogens (tertiary/aromatic N) is 4. The van der Waals surface area contributed by atoms with E-state index in [0.29, 0.717) is 46.0 Å². The van der Waals surface area contributed by atoms with E-state index in [2.05, 4.69) is 15.3 Å². The molecule has 9 heteroatoms. The third-order valence-corrected chi connectivity index (χ3v) is 5.16. The summed E-state index contributed by atoms with van der Waals surface area (Å²) in [5, 5.41) is 3.14. The third-order valence-electron chi connectivity index (χ3n) is 3.96. The molecule has 0 spiro atoms. The van der Waals surface area contributed by atoms with Crippen molar-refractivity contribution in [1.29, 1.82) is 0 Å². The molecule has 0 aliphatic carbocycles. The lowest BCUT2D eigenvalue weighted by molar-refractivity contribution is 0.0979. The molecule has 3 heterocycles. The first-order chi connectivity index (χ1) is 11.4. The van der Waals surface area contributed by atoms with Crippen molar-refractivity contribution in [2.75, 3.05) is 13.6 Å². The van der Waals surface area contributed by atoms with E-state index in [4.69, 9.17) is 0 Å². The summed E-state index contributed by atoms with van der Waals surface area (Å²) in [7, 11) is 1.66. The monoisotopic (exact) mass is 347 g/mol. The second-order valence-corrected chi connectivity index (χ2v) is 6.54. The molecule has 2 aromatic heterocycles. The summed E-state index contributed by atoms with van der Waals surface area (Å²) in [6, 6.07) is -0.378. The Morgan fingerprint density at radius 2 is 2.17 bits per heavy atom. The number of aryl methyl sites for hydroxylation is 2. The SMILES string of the molecule is CCn1cnc2sc(C(=O)NC3=NC(=O)N(C)CC3)c(C)c2c1=O. The molecule has 3 amide bonds. The number of hydrogen-bond donors (Lipinski definition) is 1. The Kier molecular flexibility index (Phi) is 4.18. The minimum Gasteiger partial charge on any atom is -0.325 e. The van der Waals surface area contributed by atoms with Crippen molar-refractivity contribution in [2.24, 2.45) is 4.99 Å². The lowest BCUT2D eigenvalue weighted by atomic mass is 10.2. The molecule has 1 aliphatic heterocycles. The Bertz CT molecular complexity index is 927. The number of amidine groups is 1. The zero-order valence-corrected chi connectivity index (χ0v) is 14.4. The van der Waals surface area contributed by atoms with Gasteiger partial charge in [-0.3, -0.25) is 14.2 Å². The van der Waals surface area contributed by atoms with Gasteiger partial charge in [-0.15, -0.1) is 11.3 Å². The Balaban J connectivity index is 1.95. The van der Waals surface area contributed by atoms with E-state index >= 15 is 0 Å². The average molecular weight is 347 g/mol. The molecule has 0 atom stereocenters. The van der Waals surface area contributed by atoms with Gasteiger partial charge < -0.3 is 10.2 Å². The summed E-state index contributed by atoms with van der Waals surface area (Å²) < 4.78 is 1.50. The van der Waals surface area contributed by atoms with Crippen LogP contribution >= 0.6 is 11.3 Å². The van der Waals surface area contributed by atoms with Gasteiger partial charge in [-0.25, -0.2) is 9.78 Å². The van der Waals surface area contributed by atoms with E-state index in [0.717, 1.165) is 0 Å². The Hall–Kier alpha value is -2.55. The third kappa shape index (κ3) is 2.71. The van der Waals surface area contributed by atoms with E-state index in [1.165, 1.54) is 27.1 Å². The number of nitrogens with one attached hydrogen (secondary N) is 1. The van der Waals surface area contributed by atoms with Crippen LogP contribution in [0, 0.1) is 6.92 Å². The first-order valence-corrected chi connectivity index (χ1v) is 8.36. The van der Waals surface area contributed by atoms with Gasteiger partial charge in [0.05, 0.1) is 16.6 Å². The minimum absolute atomic E-state index is 0.151. The number of amides is 3. The molecule has 0 saturated heterocycles. The normalized spacial score (nSPS) is 14.9. The second kappa shape index (κ2) is 6.16. The van der Waals surface area contributed by atoms with Crippen LogP contribution in [0.1, 0.15) is 28.6 Å². The lowest BCUT2D eigenvalue weighted by Gasteiger charge is -2.20. The van der Waals surface area contributed by atoms with Gasteiger partial charge in [0.25, 0.3) is 11.5 Å². The molecule has 0 fully saturated rings. The molecule has 2 aromatic rings. The highest BCUT2D eigenvalue weighted by atomic mass is 32.1. The number of thiophene rings is 1. The Morgan fingerprint density at radius 3 is 2.83 bits per heavy atom. The molecule has 24 heavy (non-hydrogen) atoms. The highest BCUT2D eigenvalue weighted by Crippen LogP contribution is 2.26. The van der Waals surface area contributed by atoms with Crippen molar-refractivity contribution in [3.05, 3.63) is 27.1 Å². The maximum atomic E-state index is 12.5. The van der Waals surface area contributed by atoms with Gasteiger partial charge in [-0.05, 0) is 19.4 Å². The summed E-state index contributed by atoms with van der Waals surface area (Å²) in [5.74, 6) is -0.0204. The number of carbonyl (C=O) groups is 2. The van der Waals surface area contributed by atoms with Crippen LogP contribution in [0.3, 0.4) is 0 Å². The minimum atomic E-state index is -0.378. The lowest BCUT2D eigenvalue weighted by Crippen LogP contribution is -2.39. The molecule has 0 radical (unpaired) electrons. The number of rotatable bonds is 2. The maximum Gasteiger partial charge on any atom is 0.344 e. The van der Waals surface area contributed by atoms with Crippen molar-refractivity contribution in [3.8, 4) is 0 Å².